The minimum absolute atomic E-state index is 0.0793. The second-order valence-electron chi connectivity index (χ2n) is 7.43. The largest absolute Gasteiger partial charge is 0.355 e. The Bertz CT molecular complexity index is 739. The molecule has 0 bridgehead atoms. The zero-order valence-corrected chi connectivity index (χ0v) is 18.9. The molecule has 9 heteroatoms. The first-order chi connectivity index (χ1) is 12.9. The van der Waals surface area contributed by atoms with Gasteiger partial charge in [-0.25, -0.2) is 8.42 Å². The number of likely N-dealkylation sites (tertiary alicyclic amines) is 1. The van der Waals surface area contributed by atoms with Crippen LogP contribution in [0.25, 0.3) is 0 Å². The van der Waals surface area contributed by atoms with Crippen molar-refractivity contribution in [3.8, 4) is 0 Å². The summed E-state index contributed by atoms with van der Waals surface area (Å²) in [6.45, 7) is 6.83. The molecule has 1 aromatic rings. The molecule has 27 heavy (non-hydrogen) atoms. The maximum absolute atomic E-state index is 12.7. The van der Waals surface area contributed by atoms with Gasteiger partial charge in [0.2, 0.25) is 5.91 Å². The predicted octanol–water partition coefficient (Wildman–Crippen LogP) is 2.76. The normalized spacial score (nSPS) is 21.4. The van der Waals surface area contributed by atoms with Gasteiger partial charge in [0.1, 0.15) is 4.21 Å². The molecule has 2 fully saturated rings. The number of amides is 1. The van der Waals surface area contributed by atoms with E-state index in [2.05, 4.69) is 26.1 Å². The zero-order valence-electron chi connectivity index (χ0n) is 15.7. The Kier molecular flexibility index (Phi) is 7.35. The third kappa shape index (κ3) is 5.32. The molecule has 0 unspecified atom stereocenters. The van der Waals surface area contributed by atoms with Gasteiger partial charge in [-0.1, -0.05) is 6.92 Å². The van der Waals surface area contributed by atoms with E-state index >= 15 is 0 Å². The molecule has 3 rings (SSSR count). The highest BCUT2D eigenvalue weighted by Gasteiger charge is 2.34. The Morgan fingerprint density at radius 1 is 1.26 bits per heavy atom. The third-order valence-corrected chi connectivity index (χ3v) is 9.68. The van der Waals surface area contributed by atoms with Crippen LogP contribution in [0.3, 0.4) is 0 Å². The summed E-state index contributed by atoms with van der Waals surface area (Å²) in [5.74, 6) is 0.250. The van der Waals surface area contributed by atoms with Crippen molar-refractivity contribution >= 4 is 43.2 Å². The van der Waals surface area contributed by atoms with Crippen LogP contribution in [0.1, 0.15) is 32.6 Å². The Hall–Kier alpha value is -0.480. The van der Waals surface area contributed by atoms with Crippen LogP contribution in [0.4, 0.5) is 0 Å². The van der Waals surface area contributed by atoms with Crippen molar-refractivity contribution in [2.75, 3.05) is 39.3 Å². The molecule has 3 heterocycles. The molecule has 0 saturated carbocycles. The molecule has 2 saturated heterocycles. The quantitative estimate of drug-likeness (QED) is 0.655. The summed E-state index contributed by atoms with van der Waals surface area (Å²) < 4.78 is 28.2. The van der Waals surface area contributed by atoms with Crippen molar-refractivity contribution in [3.63, 3.8) is 0 Å². The van der Waals surface area contributed by atoms with Crippen molar-refractivity contribution in [2.45, 2.75) is 36.8 Å². The van der Waals surface area contributed by atoms with Crippen molar-refractivity contribution in [1.29, 1.82) is 0 Å². The van der Waals surface area contributed by atoms with Crippen LogP contribution in [-0.4, -0.2) is 62.8 Å². The van der Waals surface area contributed by atoms with Gasteiger partial charge in [-0.15, -0.1) is 11.3 Å². The van der Waals surface area contributed by atoms with Gasteiger partial charge in [0.15, 0.2) is 0 Å². The van der Waals surface area contributed by atoms with E-state index in [1.54, 1.807) is 16.4 Å². The maximum atomic E-state index is 12.7. The SMILES string of the molecule is C[C@@H](C(=O)NCCN1CCCC1)C1CCN(S(=O)(=O)c2ccc(Br)s2)CC1. The van der Waals surface area contributed by atoms with Crippen LogP contribution in [0.2, 0.25) is 0 Å². The number of nitrogens with one attached hydrogen (secondary N) is 1. The Balaban J connectivity index is 1.45. The lowest BCUT2D eigenvalue weighted by Crippen LogP contribution is -2.43. The van der Waals surface area contributed by atoms with Gasteiger partial charge < -0.3 is 10.2 Å². The summed E-state index contributed by atoms with van der Waals surface area (Å²) in [6.07, 6.45) is 3.97. The number of thiophene rings is 1. The number of hydrogen-bond donors (Lipinski definition) is 1. The van der Waals surface area contributed by atoms with Gasteiger partial charge in [-0.2, -0.15) is 4.31 Å². The first-order valence-corrected chi connectivity index (χ1v) is 12.7. The lowest BCUT2D eigenvalue weighted by atomic mass is 9.85. The first kappa shape index (κ1) is 21.2. The van der Waals surface area contributed by atoms with Gasteiger partial charge in [-0.3, -0.25) is 4.79 Å². The van der Waals surface area contributed by atoms with Crippen LogP contribution >= 0.6 is 27.3 Å². The molecular weight excluding hydrogens is 450 g/mol. The van der Waals surface area contributed by atoms with Crippen LogP contribution < -0.4 is 5.32 Å². The molecular formula is C18H28BrN3O3S2. The molecule has 0 aliphatic carbocycles. The van der Waals surface area contributed by atoms with E-state index in [-0.39, 0.29) is 17.7 Å². The highest BCUT2D eigenvalue weighted by atomic mass is 79.9. The van der Waals surface area contributed by atoms with E-state index < -0.39 is 10.0 Å². The molecule has 2 aliphatic heterocycles. The molecule has 0 spiro atoms. The number of rotatable bonds is 7. The van der Waals surface area contributed by atoms with E-state index in [4.69, 9.17) is 0 Å². The van der Waals surface area contributed by atoms with E-state index in [0.717, 1.165) is 36.3 Å². The van der Waals surface area contributed by atoms with E-state index in [1.807, 2.05) is 6.92 Å². The second-order valence-corrected chi connectivity index (χ2v) is 12.1. The smallest absolute Gasteiger partial charge is 0.252 e. The number of halogens is 1. The van der Waals surface area contributed by atoms with Gasteiger partial charge >= 0.3 is 0 Å². The lowest BCUT2D eigenvalue weighted by molar-refractivity contribution is -0.126. The summed E-state index contributed by atoms with van der Waals surface area (Å²) >= 11 is 4.56. The molecule has 1 atom stereocenters. The van der Waals surface area contributed by atoms with Gasteiger partial charge in [0, 0.05) is 32.1 Å². The summed E-state index contributed by atoms with van der Waals surface area (Å²) in [5, 5.41) is 3.06. The molecule has 2 aliphatic rings. The van der Waals surface area contributed by atoms with E-state index in [9.17, 15) is 13.2 Å². The second kappa shape index (κ2) is 9.35. The maximum Gasteiger partial charge on any atom is 0.252 e. The molecule has 1 amide bonds. The predicted molar refractivity (Wildman–Crippen MR) is 111 cm³/mol. The van der Waals surface area contributed by atoms with Crippen molar-refractivity contribution < 1.29 is 13.2 Å². The number of carbonyl (C=O) groups excluding carboxylic acids is 1. The molecule has 1 aromatic heterocycles. The monoisotopic (exact) mass is 477 g/mol. The van der Waals surface area contributed by atoms with Crippen LogP contribution in [0.5, 0.6) is 0 Å². The Morgan fingerprint density at radius 2 is 1.93 bits per heavy atom. The highest BCUT2D eigenvalue weighted by Crippen LogP contribution is 2.32. The molecule has 6 nitrogen and oxygen atoms in total. The number of hydrogen-bond acceptors (Lipinski definition) is 5. The fourth-order valence-corrected chi connectivity index (χ4v) is 7.53. The minimum Gasteiger partial charge on any atom is -0.355 e. The average molecular weight is 478 g/mol. The molecule has 0 radical (unpaired) electrons. The topological polar surface area (TPSA) is 69.7 Å². The fraction of sp³-hybridized carbons (Fsp3) is 0.722. The summed E-state index contributed by atoms with van der Waals surface area (Å²) in [6, 6.07) is 3.41. The summed E-state index contributed by atoms with van der Waals surface area (Å²) in [7, 11) is -3.42. The van der Waals surface area contributed by atoms with Crippen molar-refractivity contribution in [3.05, 3.63) is 15.9 Å². The molecule has 1 N–H and O–H groups in total. The first-order valence-electron chi connectivity index (χ1n) is 9.63. The minimum atomic E-state index is -3.42. The molecule has 0 aromatic carbocycles. The summed E-state index contributed by atoms with van der Waals surface area (Å²) in [5.41, 5.74) is 0. The number of nitrogens with zero attached hydrogens (tertiary/aromatic N) is 2. The highest BCUT2D eigenvalue weighted by molar-refractivity contribution is 9.11. The Morgan fingerprint density at radius 3 is 2.52 bits per heavy atom. The van der Waals surface area contributed by atoms with Crippen molar-refractivity contribution in [1.82, 2.24) is 14.5 Å². The fourth-order valence-electron chi connectivity index (χ4n) is 3.90. The van der Waals surface area contributed by atoms with E-state index in [0.29, 0.717) is 23.8 Å². The lowest BCUT2D eigenvalue weighted by Gasteiger charge is -2.33. The molecule has 152 valence electrons. The van der Waals surface area contributed by atoms with E-state index in [1.165, 1.54) is 24.2 Å². The number of piperidine rings is 1. The van der Waals surface area contributed by atoms with Gasteiger partial charge in [0.05, 0.1) is 3.79 Å². The number of carbonyl (C=O) groups is 1. The van der Waals surface area contributed by atoms with Crippen LogP contribution in [0.15, 0.2) is 20.1 Å². The van der Waals surface area contributed by atoms with Crippen LogP contribution in [-0.2, 0) is 14.8 Å². The average Bonchev–Trinajstić information content (AvgIpc) is 3.33. The number of sulfonamides is 1. The zero-order chi connectivity index (χ0) is 19.4. The standard InChI is InChI=1S/C18H28BrN3O3S2/c1-14(18(23)20-8-13-21-9-2-3-10-21)15-6-11-22(12-7-15)27(24,25)17-5-4-16(19)26-17/h4-5,14-15H,2-3,6-13H2,1H3,(H,20,23)/t14-/m1/s1. The van der Waals surface area contributed by atoms with Crippen LogP contribution in [0, 0.1) is 11.8 Å². The summed E-state index contributed by atoms with van der Waals surface area (Å²) in [4.78, 5) is 14.8. The van der Waals surface area contributed by atoms with Gasteiger partial charge in [-0.05, 0) is 72.8 Å². The van der Waals surface area contributed by atoms with Gasteiger partial charge in [0.25, 0.3) is 10.0 Å². The van der Waals surface area contributed by atoms with Crippen molar-refractivity contribution in [2.24, 2.45) is 11.8 Å². The third-order valence-electron chi connectivity index (χ3n) is 5.69. The Labute approximate surface area is 174 Å².